The minimum Gasteiger partial charge on any atom is -0.496 e. The van der Waals surface area contributed by atoms with Gasteiger partial charge in [-0.25, -0.2) is 9.97 Å². The van der Waals surface area contributed by atoms with Crippen LogP contribution < -0.4 is 21.5 Å². The fraction of sp³-hybridized carbons (Fsp3) is 0.333. The molecule has 0 spiro atoms. The molecule has 10 heteroatoms. The highest BCUT2D eigenvalue weighted by Crippen LogP contribution is 2.26. The van der Waals surface area contributed by atoms with Crippen molar-refractivity contribution < 1.29 is 4.74 Å². The lowest BCUT2D eigenvalue weighted by molar-refractivity contribution is 0.407. The number of benzene rings is 1. The average molecular weight is 422 g/mol. The molecule has 0 fully saturated rings. The Hall–Kier alpha value is -3.66. The number of methoxy groups -OCH3 is 1. The van der Waals surface area contributed by atoms with Crippen molar-refractivity contribution in [3.8, 4) is 5.75 Å². The molecule has 0 aliphatic carbocycles. The average Bonchev–Trinajstić information content (AvgIpc) is 3.39. The van der Waals surface area contributed by atoms with Crippen LogP contribution in [0.2, 0.25) is 0 Å². The Balaban J connectivity index is 1.65. The van der Waals surface area contributed by atoms with Crippen LogP contribution in [0.3, 0.4) is 0 Å². The van der Waals surface area contributed by atoms with Crippen LogP contribution in [0.4, 0.5) is 11.8 Å². The monoisotopic (exact) mass is 421 g/mol. The molecule has 3 aromatic heterocycles. The summed E-state index contributed by atoms with van der Waals surface area (Å²) in [5.41, 5.74) is 15.6. The molecule has 162 valence electrons. The summed E-state index contributed by atoms with van der Waals surface area (Å²) in [6.45, 7) is 3.29. The third-order valence-electron chi connectivity index (χ3n) is 5.02. The number of hydrogen-bond acceptors (Lipinski definition) is 8. The van der Waals surface area contributed by atoms with E-state index in [-0.39, 0.29) is 12.1 Å². The quantitative estimate of drug-likeness (QED) is 0.350. The summed E-state index contributed by atoms with van der Waals surface area (Å²) < 4.78 is 9.50. The zero-order valence-electron chi connectivity index (χ0n) is 17.7. The number of ether oxygens (including phenoxy) is 1. The minimum atomic E-state index is -0.233. The van der Waals surface area contributed by atoms with Crippen LogP contribution in [-0.4, -0.2) is 42.6 Å². The Morgan fingerprint density at radius 1 is 1.23 bits per heavy atom. The van der Waals surface area contributed by atoms with Gasteiger partial charge in [0.2, 0.25) is 5.95 Å². The highest BCUT2D eigenvalue weighted by molar-refractivity contribution is 5.86. The predicted octanol–water partition coefficient (Wildman–Crippen LogP) is 2.21. The van der Waals surface area contributed by atoms with E-state index >= 15 is 0 Å². The number of nitrogens with one attached hydrogen (secondary N) is 1. The Bertz CT molecular complexity index is 1150. The molecule has 1 atom stereocenters. The molecule has 31 heavy (non-hydrogen) atoms. The lowest BCUT2D eigenvalue weighted by Gasteiger charge is -2.16. The number of hydrogen-bond donors (Lipinski definition) is 3. The number of fused-ring (bicyclic) bond motifs is 1. The third-order valence-corrected chi connectivity index (χ3v) is 5.02. The van der Waals surface area contributed by atoms with E-state index < -0.39 is 0 Å². The third kappa shape index (κ3) is 4.58. The van der Waals surface area contributed by atoms with Gasteiger partial charge in [0.15, 0.2) is 5.82 Å². The van der Waals surface area contributed by atoms with Gasteiger partial charge in [0.05, 0.1) is 32.3 Å². The largest absolute Gasteiger partial charge is 0.496 e. The van der Waals surface area contributed by atoms with E-state index in [0.717, 1.165) is 41.8 Å². The molecular weight excluding hydrogens is 394 g/mol. The fourth-order valence-corrected chi connectivity index (χ4v) is 3.57. The lowest BCUT2D eigenvalue weighted by Crippen LogP contribution is -2.30. The Labute approximate surface area is 180 Å². The molecule has 4 aromatic rings. The van der Waals surface area contributed by atoms with E-state index in [1.807, 2.05) is 27.6 Å². The summed E-state index contributed by atoms with van der Waals surface area (Å²) >= 11 is 0. The molecule has 0 aliphatic rings. The molecule has 0 bridgehead atoms. The normalized spacial score (nSPS) is 12.2. The van der Waals surface area contributed by atoms with E-state index in [1.54, 1.807) is 25.8 Å². The number of rotatable bonds is 9. The molecule has 0 aliphatic heterocycles. The van der Waals surface area contributed by atoms with E-state index in [0.29, 0.717) is 17.9 Å². The Kier molecular flexibility index (Phi) is 5.99. The van der Waals surface area contributed by atoms with Gasteiger partial charge in [0.1, 0.15) is 16.8 Å². The maximum absolute atomic E-state index is 6.18. The number of anilines is 2. The first kappa shape index (κ1) is 20.6. The van der Waals surface area contributed by atoms with Gasteiger partial charge in [-0.1, -0.05) is 25.5 Å². The van der Waals surface area contributed by atoms with Gasteiger partial charge >= 0.3 is 0 Å². The van der Waals surface area contributed by atoms with Gasteiger partial charge in [0, 0.05) is 24.5 Å². The van der Waals surface area contributed by atoms with Crippen molar-refractivity contribution in [3.63, 3.8) is 0 Å². The summed E-state index contributed by atoms with van der Waals surface area (Å²) in [5, 5.41) is 7.76. The maximum atomic E-state index is 6.18. The second-order valence-corrected chi connectivity index (χ2v) is 7.39. The first-order chi connectivity index (χ1) is 15.1. The molecule has 1 unspecified atom stereocenters. The number of nitrogens with zero attached hydrogens (tertiary/aromatic N) is 6. The van der Waals surface area contributed by atoms with E-state index in [2.05, 4.69) is 38.4 Å². The molecule has 4 rings (SSSR count). The first-order valence-electron chi connectivity index (χ1n) is 10.2. The molecule has 5 N–H and O–H groups in total. The van der Waals surface area contributed by atoms with E-state index in [1.165, 1.54) is 0 Å². The second-order valence-electron chi connectivity index (χ2n) is 7.39. The van der Waals surface area contributed by atoms with Gasteiger partial charge in [-0.3, -0.25) is 4.68 Å². The van der Waals surface area contributed by atoms with Crippen molar-refractivity contribution >= 4 is 22.8 Å². The smallest absolute Gasteiger partial charge is 0.222 e. The molecular formula is C21H27N9O. The van der Waals surface area contributed by atoms with Crippen LogP contribution in [0.15, 0.2) is 43.1 Å². The molecule has 10 nitrogen and oxygen atoms in total. The standard InChI is InChI=1S/C21H27N9O/c1-3-4-18(22)27-20-19-16(26-21(23)28-20)10-25-30(19)12-15-6-5-14(9-17(15)31-2)11-29-8-7-24-13-29/h5-10,13,18H,3-4,11-12,22H2,1-2H3,(H3,23,26,27,28). The van der Waals surface area contributed by atoms with Crippen molar-refractivity contribution in [1.29, 1.82) is 0 Å². The summed E-state index contributed by atoms with van der Waals surface area (Å²) in [7, 11) is 1.67. The van der Waals surface area contributed by atoms with Gasteiger partial charge < -0.3 is 26.1 Å². The zero-order valence-corrected chi connectivity index (χ0v) is 17.7. The van der Waals surface area contributed by atoms with Gasteiger partial charge in [0.25, 0.3) is 0 Å². The van der Waals surface area contributed by atoms with Crippen LogP contribution in [0, 0.1) is 0 Å². The predicted molar refractivity (Wildman–Crippen MR) is 120 cm³/mol. The Morgan fingerprint density at radius 3 is 2.84 bits per heavy atom. The van der Waals surface area contributed by atoms with Crippen LogP contribution in [0.1, 0.15) is 30.9 Å². The lowest BCUT2D eigenvalue weighted by atomic mass is 10.1. The number of nitrogens with two attached hydrogens (primary N) is 2. The minimum absolute atomic E-state index is 0.180. The first-order valence-corrected chi connectivity index (χ1v) is 10.2. The molecule has 0 saturated heterocycles. The summed E-state index contributed by atoms with van der Waals surface area (Å²) in [6, 6.07) is 6.16. The number of nitrogen functional groups attached to an aromatic ring is 1. The van der Waals surface area contributed by atoms with Crippen LogP contribution in [0.5, 0.6) is 5.75 Å². The highest BCUT2D eigenvalue weighted by Gasteiger charge is 2.16. The van der Waals surface area contributed by atoms with Gasteiger partial charge in [-0.05, 0) is 18.1 Å². The van der Waals surface area contributed by atoms with Crippen molar-refractivity contribution in [2.45, 2.75) is 39.0 Å². The topological polar surface area (TPSA) is 135 Å². The fourth-order valence-electron chi connectivity index (χ4n) is 3.57. The van der Waals surface area contributed by atoms with Crippen molar-refractivity contribution in [1.82, 2.24) is 29.3 Å². The van der Waals surface area contributed by atoms with Crippen LogP contribution >= 0.6 is 0 Å². The van der Waals surface area contributed by atoms with Crippen molar-refractivity contribution in [3.05, 3.63) is 54.2 Å². The maximum Gasteiger partial charge on any atom is 0.222 e. The molecule has 0 saturated carbocycles. The van der Waals surface area contributed by atoms with Crippen molar-refractivity contribution in [2.75, 3.05) is 18.2 Å². The van der Waals surface area contributed by atoms with Crippen LogP contribution in [-0.2, 0) is 13.1 Å². The summed E-state index contributed by atoms with van der Waals surface area (Å²) in [6.07, 6.45) is 8.71. The Morgan fingerprint density at radius 2 is 2.10 bits per heavy atom. The van der Waals surface area contributed by atoms with Gasteiger partial charge in [-0.2, -0.15) is 10.1 Å². The summed E-state index contributed by atoms with van der Waals surface area (Å²) in [5.74, 6) is 1.55. The number of aromatic nitrogens is 6. The molecule has 0 amide bonds. The highest BCUT2D eigenvalue weighted by atomic mass is 16.5. The van der Waals surface area contributed by atoms with Crippen molar-refractivity contribution in [2.24, 2.45) is 5.73 Å². The van der Waals surface area contributed by atoms with Crippen LogP contribution in [0.25, 0.3) is 11.0 Å². The van der Waals surface area contributed by atoms with E-state index in [4.69, 9.17) is 16.2 Å². The molecule has 0 radical (unpaired) electrons. The molecule has 1 aromatic carbocycles. The SMILES string of the molecule is CCCC(N)Nc1nc(N)nc2cnn(Cc3ccc(Cn4ccnc4)cc3OC)c12. The van der Waals surface area contributed by atoms with E-state index in [9.17, 15) is 0 Å². The molecule has 3 heterocycles. The second kappa shape index (κ2) is 9.00. The van der Waals surface area contributed by atoms with Gasteiger partial charge in [-0.15, -0.1) is 0 Å². The number of imidazole rings is 1. The zero-order chi connectivity index (χ0) is 21.8. The summed E-state index contributed by atoms with van der Waals surface area (Å²) in [4.78, 5) is 12.8.